The molecule has 0 aromatic rings. The number of halogens is 3. The van der Waals surface area contributed by atoms with Gasteiger partial charge in [-0.25, -0.2) is 9.59 Å². The van der Waals surface area contributed by atoms with Crippen LogP contribution in [-0.4, -0.2) is 52.5 Å². The fraction of sp³-hybridized carbons (Fsp3) is 0.467. The van der Waals surface area contributed by atoms with Gasteiger partial charge >= 0.3 is 18.1 Å². The molecule has 10 heteroatoms. The minimum Gasteiger partial charge on any atom is -0.477 e. The summed E-state index contributed by atoms with van der Waals surface area (Å²) in [6.45, 7) is 1.46. The smallest absolute Gasteiger partial charge is 0.403 e. The molecule has 1 amide bonds. The van der Waals surface area contributed by atoms with Crippen molar-refractivity contribution in [1.29, 1.82) is 0 Å². The molecule has 1 atom stereocenters. The first-order chi connectivity index (χ1) is 11.6. The van der Waals surface area contributed by atoms with Gasteiger partial charge in [-0.2, -0.15) is 18.2 Å². The monoisotopic (exact) mass is 360 g/mol. The Morgan fingerprint density at radius 3 is 2.52 bits per heavy atom. The van der Waals surface area contributed by atoms with Crippen LogP contribution < -0.4 is 0 Å². The lowest BCUT2D eigenvalue weighted by molar-refractivity contribution is -0.170. The Morgan fingerprint density at radius 2 is 2.08 bits per heavy atom. The number of dihydropyridines is 1. The fourth-order valence-corrected chi connectivity index (χ4v) is 2.13. The van der Waals surface area contributed by atoms with Gasteiger partial charge in [-0.05, 0) is 25.8 Å². The summed E-state index contributed by atoms with van der Waals surface area (Å²) in [5, 5.41) is 9.15. The highest BCUT2D eigenvalue weighted by Gasteiger charge is 2.45. The second-order valence-corrected chi connectivity index (χ2v) is 5.39. The van der Waals surface area contributed by atoms with Gasteiger partial charge < -0.3 is 14.7 Å². The number of amides is 1. The Kier molecular flexibility index (Phi) is 5.29. The first kappa shape index (κ1) is 18.7. The van der Waals surface area contributed by atoms with E-state index in [0.29, 0.717) is 18.9 Å². The number of aliphatic imine (C=N–C) groups is 1. The SMILES string of the molecule is CCOC(=O)/C(=C/N(C1=NC(=O)C(C(F)(F)F)C=C1)C1CC1)C(=O)O. The maximum absolute atomic E-state index is 12.7. The van der Waals surface area contributed by atoms with Crippen LogP contribution in [-0.2, 0) is 19.1 Å². The van der Waals surface area contributed by atoms with Crippen molar-refractivity contribution in [1.82, 2.24) is 4.90 Å². The number of carboxylic acid groups (broad SMARTS) is 1. The number of aliphatic carboxylic acids is 1. The van der Waals surface area contributed by atoms with Crippen molar-refractivity contribution in [3.63, 3.8) is 0 Å². The number of ether oxygens (including phenoxy) is 1. The van der Waals surface area contributed by atoms with Gasteiger partial charge in [-0.15, -0.1) is 0 Å². The summed E-state index contributed by atoms with van der Waals surface area (Å²) in [5.41, 5.74) is -0.699. The predicted molar refractivity (Wildman–Crippen MR) is 78.3 cm³/mol. The molecule has 1 aliphatic heterocycles. The highest BCUT2D eigenvalue weighted by Crippen LogP contribution is 2.33. The zero-order valence-electron chi connectivity index (χ0n) is 13.1. The Bertz CT molecular complexity index is 677. The molecule has 0 bridgehead atoms. The lowest BCUT2D eigenvalue weighted by atomic mass is 10.1. The number of amidine groups is 1. The molecule has 7 nitrogen and oxygen atoms in total. The van der Waals surface area contributed by atoms with E-state index in [1.807, 2.05) is 0 Å². The van der Waals surface area contributed by atoms with Crippen LogP contribution in [0.4, 0.5) is 13.2 Å². The Morgan fingerprint density at radius 1 is 1.44 bits per heavy atom. The Labute approximate surface area is 140 Å². The van der Waals surface area contributed by atoms with Crippen LogP contribution in [0.25, 0.3) is 0 Å². The van der Waals surface area contributed by atoms with Crippen molar-refractivity contribution in [2.45, 2.75) is 32.0 Å². The molecule has 1 heterocycles. The zero-order valence-corrected chi connectivity index (χ0v) is 13.1. The van der Waals surface area contributed by atoms with Gasteiger partial charge in [0.1, 0.15) is 5.84 Å². The van der Waals surface area contributed by atoms with E-state index in [4.69, 9.17) is 5.11 Å². The highest BCUT2D eigenvalue weighted by atomic mass is 19.4. The van der Waals surface area contributed by atoms with E-state index < -0.39 is 35.5 Å². The van der Waals surface area contributed by atoms with E-state index in [1.165, 1.54) is 11.8 Å². The van der Waals surface area contributed by atoms with Crippen molar-refractivity contribution in [2.75, 3.05) is 6.61 Å². The molecule has 2 rings (SSSR count). The molecule has 2 aliphatic rings. The van der Waals surface area contributed by atoms with Crippen molar-refractivity contribution < 1.29 is 37.4 Å². The molecule has 1 N–H and O–H groups in total. The van der Waals surface area contributed by atoms with Crippen molar-refractivity contribution >= 4 is 23.7 Å². The van der Waals surface area contributed by atoms with Crippen LogP contribution in [0.2, 0.25) is 0 Å². The first-order valence-electron chi connectivity index (χ1n) is 7.43. The average molecular weight is 360 g/mol. The molecule has 1 fully saturated rings. The zero-order chi connectivity index (χ0) is 18.8. The summed E-state index contributed by atoms with van der Waals surface area (Å²) in [6.07, 6.45) is -0.897. The maximum atomic E-state index is 12.7. The third-order valence-corrected chi connectivity index (χ3v) is 3.48. The fourth-order valence-electron chi connectivity index (χ4n) is 2.13. The number of rotatable bonds is 5. The van der Waals surface area contributed by atoms with Crippen LogP contribution in [0.5, 0.6) is 0 Å². The molecule has 25 heavy (non-hydrogen) atoms. The molecular formula is C15H15F3N2O5. The van der Waals surface area contributed by atoms with E-state index in [2.05, 4.69) is 9.73 Å². The third-order valence-electron chi connectivity index (χ3n) is 3.48. The number of carbonyl (C=O) groups is 3. The molecule has 1 aliphatic carbocycles. The van der Waals surface area contributed by atoms with Gasteiger partial charge in [0, 0.05) is 12.2 Å². The van der Waals surface area contributed by atoms with Crippen LogP contribution in [0.15, 0.2) is 28.9 Å². The standard InChI is InChI=1S/C15H15F3N2O5/c1-2-25-14(24)9(13(22)23)7-20(8-3-4-8)11-6-5-10(12(21)19-11)15(16,17)18/h5-8,10H,2-4H2,1H3,(H,22,23)/b9-7+. The number of alkyl halides is 3. The second-order valence-electron chi connectivity index (χ2n) is 5.39. The summed E-state index contributed by atoms with van der Waals surface area (Å²) in [7, 11) is 0. The van der Waals surface area contributed by atoms with Crippen LogP contribution in [0.1, 0.15) is 19.8 Å². The largest absolute Gasteiger partial charge is 0.477 e. The lowest BCUT2D eigenvalue weighted by Gasteiger charge is -2.24. The minimum absolute atomic E-state index is 0.0422. The van der Waals surface area contributed by atoms with Crippen molar-refractivity contribution in [2.24, 2.45) is 10.9 Å². The number of esters is 1. The molecule has 0 aromatic heterocycles. The molecule has 0 spiro atoms. The topological polar surface area (TPSA) is 96.3 Å². The van der Waals surface area contributed by atoms with Crippen LogP contribution in [0.3, 0.4) is 0 Å². The molecule has 1 saturated carbocycles. The van der Waals surface area contributed by atoms with Gasteiger partial charge in [0.2, 0.25) is 0 Å². The maximum Gasteiger partial charge on any atom is 0.403 e. The Balaban J connectivity index is 2.32. The molecule has 0 radical (unpaired) electrons. The summed E-state index contributed by atoms with van der Waals surface area (Å²) in [5.74, 6) is -6.50. The van der Waals surface area contributed by atoms with E-state index in [0.717, 1.165) is 12.3 Å². The van der Waals surface area contributed by atoms with Crippen LogP contribution >= 0.6 is 0 Å². The highest BCUT2D eigenvalue weighted by molar-refractivity contribution is 6.14. The van der Waals surface area contributed by atoms with Gasteiger partial charge in [0.15, 0.2) is 11.5 Å². The second kappa shape index (κ2) is 7.08. The van der Waals surface area contributed by atoms with Crippen LogP contribution in [0, 0.1) is 5.92 Å². The van der Waals surface area contributed by atoms with Gasteiger partial charge in [-0.3, -0.25) is 4.79 Å². The molecule has 1 unspecified atom stereocenters. The Hall–Kier alpha value is -2.65. The van der Waals surface area contributed by atoms with Crippen molar-refractivity contribution in [3.05, 3.63) is 23.9 Å². The van der Waals surface area contributed by atoms with Gasteiger partial charge in [0.05, 0.1) is 6.61 Å². The summed E-state index contributed by atoms with van der Waals surface area (Å²) in [4.78, 5) is 39.3. The van der Waals surface area contributed by atoms with Gasteiger partial charge in [-0.1, -0.05) is 6.08 Å². The normalized spacial score (nSPS) is 21.0. The number of carbonyl (C=O) groups excluding carboxylic acids is 2. The predicted octanol–water partition coefficient (Wildman–Crippen LogP) is 1.66. The number of hydrogen-bond donors (Lipinski definition) is 1. The number of carboxylic acids is 1. The number of hydrogen-bond acceptors (Lipinski definition) is 5. The molecular weight excluding hydrogens is 345 g/mol. The van der Waals surface area contributed by atoms with Crippen molar-refractivity contribution in [3.8, 4) is 0 Å². The van der Waals surface area contributed by atoms with E-state index in [9.17, 15) is 27.6 Å². The average Bonchev–Trinajstić information content (AvgIpc) is 3.31. The summed E-state index contributed by atoms with van der Waals surface area (Å²) >= 11 is 0. The number of nitrogens with zero attached hydrogens (tertiary/aromatic N) is 2. The summed E-state index contributed by atoms with van der Waals surface area (Å²) in [6, 6.07) is -0.248. The van der Waals surface area contributed by atoms with Gasteiger partial charge in [0.25, 0.3) is 5.91 Å². The summed E-state index contributed by atoms with van der Waals surface area (Å²) < 4.78 is 42.7. The minimum atomic E-state index is -4.75. The van der Waals surface area contributed by atoms with E-state index in [1.54, 1.807) is 0 Å². The van der Waals surface area contributed by atoms with E-state index in [-0.39, 0.29) is 18.5 Å². The lowest BCUT2D eigenvalue weighted by Crippen LogP contribution is -2.36. The molecule has 136 valence electrons. The third kappa shape index (κ3) is 4.46. The quantitative estimate of drug-likeness (QED) is 0.347. The molecule has 0 aromatic carbocycles. The first-order valence-corrected chi connectivity index (χ1v) is 7.43. The molecule has 0 saturated heterocycles. The van der Waals surface area contributed by atoms with E-state index >= 15 is 0 Å².